The quantitative estimate of drug-likeness (QED) is 0.600. The zero-order valence-corrected chi connectivity index (χ0v) is 16.5. The minimum atomic E-state index is -0.131. The van der Waals surface area contributed by atoms with Gasteiger partial charge in [-0.1, -0.05) is 19.4 Å². The molecule has 6 fully saturated rings. The van der Waals surface area contributed by atoms with Crippen LogP contribution in [-0.4, -0.2) is 17.4 Å². The average Bonchev–Trinajstić information content (AvgIpc) is 3.53. The van der Waals surface area contributed by atoms with Crippen LogP contribution in [0.4, 0.5) is 0 Å². The number of hydrogen-bond donors (Lipinski definition) is 0. The van der Waals surface area contributed by atoms with Gasteiger partial charge in [0.2, 0.25) is 0 Å². The Morgan fingerprint density at radius 3 is 2.63 bits per heavy atom. The second kappa shape index (κ2) is 4.39. The highest BCUT2D eigenvalue weighted by atomic mass is 16.6. The molecule has 0 radical (unpaired) electrons. The number of carbonyl (C=O) groups is 2. The number of esters is 1. The molecule has 7 rings (SSSR count). The molecule has 0 aromatic heterocycles. The van der Waals surface area contributed by atoms with E-state index in [1.807, 2.05) is 0 Å². The second-order valence-electron chi connectivity index (χ2n) is 11.5. The summed E-state index contributed by atoms with van der Waals surface area (Å²) >= 11 is 0. The average molecular weight is 367 g/mol. The number of allylic oxidation sites excluding steroid dienone is 1. The zero-order chi connectivity index (χ0) is 18.3. The first-order valence-corrected chi connectivity index (χ1v) is 11.4. The predicted octanol–water partition coefficient (Wildman–Crippen LogP) is 4.31. The van der Waals surface area contributed by atoms with Crippen LogP contribution in [0.1, 0.15) is 65.2 Å². The summed E-state index contributed by atoms with van der Waals surface area (Å²) in [5.74, 6) is 5.65. The summed E-state index contributed by atoms with van der Waals surface area (Å²) in [5, 5.41) is 0. The normalized spacial score (nSPS) is 62.0. The highest BCUT2D eigenvalue weighted by Crippen LogP contribution is 2.82. The van der Waals surface area contributed by atoms with E-state index in [1.165, 1.54) is 31.3 Å². The minimum Gasteiger partial charge on any atom is -0.458 e. The summed E-state index contributed by atoms with van der Waals surface area (Å²) in [7, 11) is 0. The predicted molar refractivity (Wildman–Crippen MR) is 99.5 cm³/mol. The smallest absolute Gasteiger partial charge is 0.306 e. The van der Waals surface area contributed by atoms with E-state index in [2.05, 4.69) is 19.9 Å². The number of ether oxygens (including phenoxy) is 1. The van der Waals surface area contributed by atoms with Gasteiger partial charge in [0.1, 0.15) is 5.60 Å². The van der Waals surface area contributed by atoms with Crippen molar-refractivity contribution in [1.82, 2.24) is 0 Å². The van der Waals surface area contributed by atoms with E-state index in [9.17, 15) is 9.59 Å². The number of fused-ring (bicyclic) bond motifs is 12. The third-order valence-corrected chi connectivity index (χ3v) is 10.9. The van der Waals surface area contributed by atoms with Crippen LogP contribution < -0.4 is 0 Å². The van der Waals surface area contributed by atoms with Gasteiger partial charge in [0.25, 0.3) is 0 Å². The van der Waals surface area contributed by atoms with E-state index in [1.54, 1.807) is 0 Å². The monoisotopic (exact) mass is 366 g/mol. The fourth-order valence-electron chi connectivity index (χ4n) is 9.74. The van der Waals surface area contributed by atoms with Gasteiger partial charge in [0, 0.05) is 24.2 Å². The molecule has 1 aliphatic heterocycles. The zero-order valence-electron chi connectivity index (χ0n) is 16.5. The molecule has 0 bridgehead atoms. The molecule has 10 atom stereocenters. The number of carbonyl (C=O) groups excluding carboxylic acids is 2. The molecule has 5 saturated carbocycles. The molecule has 3 heteroatoms. The van der Waals surface area contributed by atoms with Crippen LogP contribution >= 0.6 is 0 Å². The first-order valence-electron chi connectivity index (χ1n) is 11.4. The Bertz CT molecular complexity index is 827. The minimum absolute atomic E-state index is 0.0561. The highest BCUT2D eigenvalue weighted by molar-refractivity contribution is 5.92. The van der Waals surface area contributed by atoms with Gasteiger partial charge in [-0.2, -0.15) is 0 Å². The Hall–Kier alpha value is -1.12. The molecule has 7 aliphatic rings. The number of rotatable bonds is 0. The van der Waals surface area contributed by atoms with E-state index in [-0.39, 0.29) is 22.4 Å². The van der Waals surface area contributed by atoms with Crippen LogP contribution in [0.25, 0.3) is 0 Å². The molecule has 144 valence electrons. The van der Waals surface area contributed by atoms with E-state index in [0.717, 1.165) is 48.9 Å². The molecular weight excluding hydrogens is 336 g/mol. The summed E-state index contributed by atoms with van der Waals surface area (Å²) < 4.78 is 6.22. The second-order valence-corrected chi connectivity index (χ2v) is 11.5. The van der Waals surface area contributed by atoms with Gasteiger partial charge in [-0.15, -0.1) is 0 Å². The Morgan fingerprint density at radius 2 is 1.85 bits per heavy atom. The van der Waals surface area contributed by atoms with Crippen molar-refractivity contribution in [2.24, 2.45) is 52.3 Å². The van der Waals surface area contributed by atoms with Gasteiger partial charge in [-0.3, -0.25) is 9.59 Å². The lowest BCUT2D eigenvalue weighted by atomic mass is 9.45. The van der Waals surface area contributed by atoms with Crippen LogP contribution in [0.15, 0.2) is 11.6 Å². The van der Waals surface area contributed by atoms with Crippen molar-refractivity contribution in [1.29, 1.82) is 0 Å². The first kappa shape index (κ1) is 15.8. The fourth-order valence-corrected chi connectivity index (χ4v) is 9.74. The maximum atomic E-state index is 12.2. The lowest BCUT2D eigenvalue weighted by molar-refractivity contribution is -0.177. The van der Waals surface area contributed by atoms with Crippen LogP contribution in [0.5, 0.6) is 0 Å². The largest absolute Gasteiger partial charge is 0.458 e. The molecule has 1 spiro atoms. The van der Waals surface area contributed by atoms with Crippen LogP contribution in [0, 0.1) is 52.3 Å². The van der Waals surface area contributed by atoms with Crippen LogP contribution in [-0.2, 0) is 14.3 Å². The molecule has 27 heavy (non-hydrogen) atoms. The highest BCUT2D eigenvalue weighted by Gasteiger charge is 2.81. The Morgan fingerprint density at radius 1 is 1.00 bits per heavy atom. The lowest BCUT2D eigenvalue weighted by Gasteiger charge is -2.60. The third-order valence-electron chi connectivity index (χ3n) is 10.9. The summed E-state index contributed by atoms with van der Waals surface area (Å²) in [6.45, 7) is 4.99. The number of hydrogen-bond acceptors (Lipinski definition) is 3. The molecule has 1 heterocycles. The van der Waals surface area contributed by atoms with Gasteiger partial charge in [-0.25, -0.2) is 0 Å². The van der Waals surface area contributed by atoms with Crippen molar-refractivity contribution in [3.8, 4) is 0 Å². The van der Waals surface area contributed by atoms with Crippen molar-refractivity contribution in [3.05, 3.63) is 11.6 Å². The molecule has 0 aromatic rings. The molecule has 0 aromatic carbocycles. The van der Waals surface area contributed by atoms with E-state index >= 15 is 0 Å². The molecule has 6 unspecified atom stereocenters. The molecular formula is C24H30O3. The molecule has 1 saturated heterocycles. The summed E-state index contributed by atoms with van der Waals surface area (Å²) in [6, 6.07) is 0. The molecule has 0 N–H and O–H groups in total. The topological polar surface area (TPSA) is 43.4 Å². The van der Waals surface area contributed by atoms with Crippen LogP contribution in [0.2, 0.25) is 0 Å². The molecule has 6 aliphatic carbocycles. The first-order chi connectivity index (χ1) is 12.9. The van der Waals surface area contributed by atoms with Gasteiger partial charge >= 0.3 is 5.97 Å². The van der Waals surface area contributed by atoms with Crippen molar-refractivity contribution in [2.45, 2.75) is 70.8 Å². The number of ketones is 1. The van der Waals surface area contributed by atoms with Crippen molar-refractivity contribution in [3.63, 3.8) is 0 Å². The van der Waals surface area contributed by atoms with E-state index in [0.29, 0.717) is 24.0 Å². The molecule has 0 amide bonds. The molecule has 3 nitrogen and oxygen atoms in total. The standard InChI is InChI=1S/C24H30O3/c1-22-6-3-12(25)9-17(22)13-10-14(13)20-16(22)4-7-23(2)21(20)15-11-18(15)24(23)8-5-19(26)27-24/h9,13-16,18,20-21H,3-8,10-11H2,1-2H3/t13-,14?,15?,16?,18+,20?,21?,22-,23?,24+/m1/s1. The summed E-state index contributed by atoms with van der Waals surface area (Å²) in [4.78, 5) is 24.3. The summed E-state index contributed by atoms with van der Waals surface area (Å²) in [5.41, 5.74) is 1.85. The lowest BCUT2D eigenvalue weighted by Crippen LogP contribution is -2.57. The van der Waals surface area contributed by atoms with Gasteiger partial charge in [-0.05, 0) is 85.5 Å². The van der Waals surface area contributed by atoms with E-state index < -0.39 is 0 Å². The maximum Gasteiger partial charge on any atom is 0.306 e. The Kier molecular flexibility index (Phi) is 2.56. The SMILES string of the molecule is CC12CCC3C(C4C[C@H]4C4=CC(=O)CC[C@@]43C)C1C1C[C@@H]1[C@@]21CCC(=O)O1. The van der Waals surface area contributed by atoms with Gasteiger partial charge < -0.3 is 4.74 Å². The Labute approximate surface area is 161 Å². The fraction of sp³-hybridized carbons (Fsp3) is 0.833. The Balaban J connectivity index is 1.33. The van der Waals surface area contributed by atoms with Gasteiger partial charge in [0.05, 0.1) is 0 Å². The van der Waals surface area contributed by atoms with Crippen molar-refractivity contribution >= 4 is 11.8 Å². The third kappa shape index (κ3) is 1.58. The van der Waals surface area contributed by atoms with E-state index in [4.69, 9.17) is 4.74 Å². The van der Waals surface area contributed by atoms with Crippen molar-refractivity contribution < 1.29 is 14.3 Å². The van der Waals surface area contributed by atoms with Gasteiger partial charge in [0.15, 0.2) is 5.78 Å². The summed E-state index contributed by atoms with van der Waals surface area (Å²) in [6.07, 6.45) is 10.6. The maximum absolute atomic E-state index is 12.2. The van der Waals surface area contributed by atoms with Crippen molar-refractivity contribution in [2.75, 3.05) is 0 Å². The van der Waals surface area contributed by atoms with Crippen LogP contribution in [0.3, 0.4) is 0 Å².